The molecular weight excluding hydrogens is 299 g/mol. The molecule has 23 heavy (non-hydrogen) atoms. The number of benzene rings is 1. The van der Waals surface area contributed by atoms with E-state index in [1.54, 1.807) is 12.0 Å². The van der Waals surface area contributed by atoms with Gasteiger partial charge in [0.25, 0.3) is 0 Å². The average molecular weight is 318 g/mol. The first kappa shape index (κ1) is 15.8. The van der Waals surface area contributed by atoms with Gasteiger partial charge in [0.2, 0.25) is 5.91 Å². The van der Waals surface area contributed by atoms with Gasteiger partial charge in [-0.15, -0.1) is 0 Å². The van der Waals surface area contributed by atoms with Crippen molar-refractivity contribution >= 4 is 5.91 Å². The Morgan fingerprint density at radius 3 is 2.91 bits per heavy atom. The molecule has 0 unspecified atom stereocenters. The molecule has 1 fully saturated rings. The number of fused-ring (bicyclic) bond motifs is 1. The lowest BCUT2D eigenvalue weighted by Crippen LogP contribution is -2.45. The van der Waals surface area contributed by atoms with Crippen molar-refractivity contribution in [1.82, 2.24) is 4.90 Å². The molecule has 1 atom stereocenters. The van der Waals surface area contributed by atoms with Crippen LogP contribution in [0, 0.1) is 22.6 Å². The molecule has 0 spiro atoms. The van der Waals surface area contributed by atoms with E-state index < -0.39 is 11.2 Å². The highest BCUT2D eigenvalue weighted by Crippen LogP contribution is 2.48. The van der Waals surface area contributed by atoms with E-state index in [0.717, 1.165) is 12.8 Å². The van der Waals surface area contributed by atoms with Crippen LogP contribution in [-0.2, 0) is 16.1 Å². The van der Waals surface area contributed by atoms with E-state index in [9.17, 15) is 9.18 Å². The number of amides is 1. The van der Waals surface area contributed by atoms with E-state index in [1.165, 1.54) is 12.1 Å². The van der Waals surface area contributed by atoms with Crippen molar-refractivity contribution in [3.05, 3.63) is 29.1 Å². The summed E-state index contributed by atoms with van der Waals surface area (Å²) in [5.41, 5.74) is 0.0815. The van der Waals surface area contributed by atoms with Crippen LogP contribution in [0.3, 0.4) is 0 Å². The second-order valence-electron chi connectivity index (χ2n) is 6.35. The van der Waals surface area contributed by atoms with Gasteiger partial charge in [0.15, 0.2) is 0 Å². The van der Waals surface area contributed by atoms with Gasteiger partial charge in [-0.2, -0.15) is 5.26 Å². The Bertz CT molecular complexity index is 679. The smallest absolute Gasteiger partial charge is 0.231 e. The van der Waals surface area contributed by atoms with Gasteiger partial charge in [-0.25, -0.2) is 4.39 Å². The number of carbonyl (C=O) groups is 1. The van der Waals surface area contributed by atoms with Crippen molar-refractivity contribution in [2.45, 2.75) is 32.4 Å². The first-order valence-corrected chi connectivity index (χ1v) is 7.66. The predicted octanol–water partition coefficient (Wildman–Crippen LogP) is 2.23. The number of carbonyl (C=O) groups excluding carboxylic acids is 1. The second kappa shape index (κ2) is 5.82. The summed E-state index contributed by atoms with van der Waals surface area (Å²) in [6.45, 7) is 2.70. The number of halogens is 1. The number of methoxy groups -OCH3 is 1. The van der Waals surface area contributed by atoms with Gasteiger partial charge in [0.05, 0.1) is 36.2 Å². The zero-order valence-corrected chi connectivity index (χ0v) is 13.3. The third-order valence-electron chi connectivity index (χ3n) is 4.61. The topological polar surface area (TPSA) is 62.6 Å². The number of nitrogens with zero attached hydrogens (tertiary/aromatic N) is 2. The molecule has 1 amide bonds. The molecule has 0 radical (unpaired) electrons. The van der Waals surface area contributed by atoms with Crippen LogP contribution in [0.2, 0.25) is 0 Å². The van der Waals surface area contributed by atoms with Gasteiger partial charge in [-0.1, -0.05) is 0 Å². The van der Waals surface area contributed by atoms with Crippen LogP contribution in [0.4, 0.5) is 4.39 Å². The molecular formula is C17H19FN2O3. The van der Waals surface area contributed by atoms with Gasteiger partial charge >= 0.3 is 0 Å². The fourth-order valence-electron chi connectivity index (χ4n) is 3.01. The van der Waals surface area contributed by atoms with Crippen LogP contribution >= 0.6 is 0 Å². The fourth-order valence-corrected chi connectivity index (χ4v) is 3.01. The molecule has 0 N–H and O–H groups in total. The minimum atomic E-state index is -0.512. The molecule has 3 rings (SSSR count). The second-order valence-corrected chi connectivity index (χ2v) is 6.35. The Labute approximate surface area is 134 Å². The van der Waals surface area contributed by atoms with E-state index in [-0.39, 0.29) is 30.7 Å². The Morgan fingerprint density at radius 2 is 2.30 bits per heavy atom. The molecule has 0 saturated heterocycles. The summed E-state index contributed by atoms with van der Waals surface area (Å²) < 4.78 is 25.2. The normalized spacial score (nSPS) is 21.7. The lowest BCUT2D eigenvalue weighted by Gasteiger charge is -2.30. The van der Waals surface area contributed by atoms with E-state index in [0.29, 0.717) is 17.9 Å². The number of nitriles is 1. The van der Waals surface area contributed by atoms with Crippen molar-refractivity contribution in [3.63, 3.8) is 0 Å². The highest BCUT2D eigenvalue weighted by atomic mass is 19.1. The van der Waals surface area contributed by atoms with Gasteiger partial charge in [-0.3, -0.25) is 4.79 Å². The molecule has 2 aliphatic rings. The summed E-state index contributed by atoms with van der Waals surface area (Å²) in [5, 5.41) is 8.95. The third kappa shape index (κ3) is 2.77. The molecule has 5 nitrogen and oxygen atoms in total. The van der Waals surface area contributed by atoms with E-state index in [2.05, 4.69) is 0 Å². The highest BCUT2D eigenvalue weighted by Gasteiger charge is 2.52. The minimum absolute atomic E-state index is 0.00735. The Kier molecular flexibility index (Phi) is 3.99. The SMILES string of the molecule is COCC1(C(=O)N2Cc3c(F)cc(C#N)cc3OC[C@@H]2C)CC1. The largest absolute Gasteiger partial charge is 0.491 e. The molecule has 1 saturated carbocycles. The summed E-state index contributed by atoms with van der Waals surface area (Å²) in [7, 11) is 1.58. The van der Waals surface area contributed by atoms with Gasteiger partial charge in [0.1, 0.15) is 18.2 Å². The summed E-state index contributed by atoms with van der Waals surface area (Å²) in [6.07, 6.45) is 1.60. The lowest BCUT2D eigenvalue weighted by molar-refractivity contribution is -0.142. The minimum Gasteiger partial charge on any atom is -0.491 e. The lowest BCUT2D eigenvalue weighted by atomic mass is 10.0. The average Bonchev–Trinajstić information content (AvgIpc) is 3.33. The van der Waals surface area contributed by atoms with Crippen molar-refractivity contribution in [2.24, 2.45) is 5.41 Å². The number of rotatable bonds is 3. The Morgan fingerprint density at radius 1 is 1.57 bits per heavy atom. The van der Waals surface area contributed by atoms with Gasteiger partial charge in [0, 0.05) is 12.7 Å². The molecule has 6 heteroatoms. The van der Waals surface area contributed by atoms with Crippen LogP contribution in [0.1, 0.15) is 30.9 Å². The summed E-state index contributed by atoms with van der Waals surface area (Å²) in [5.74, 6) is -0.171. The first-order chi connectivity index (χ1) is 11.0. The van der Waals surface area contributed by atoms with Crippen LogP contribution in [0.25, 0.3) is 0 Å². The van der Waals surface area contributed by atoms with Crippen LogP contribution < -0.4 is 4.74 Å². The maximum absolute atomic E-state index is 14.3. The maximum Gasteiger partial charge on any atom is 0.231 e. The van der Waals surface area contributed by atoms with Crippen LogP contribution in [-0.4, -0.2) is 37.2 Å². The summed E-state index contributed by atoms with van der Waals surface area (Å²) in [6, 6.07) is 4.46. The quantitative estimate of drug-likeness (QED) is 0.857. The third-order valence-corrected chi connectivity index (χ3v) is 4.61. The molecule has 1 aromatic carbocycles. The van der Waals surface area contributed by atoms with Crippen molar-refractivity contribution in [3.8, 4) is 11.8 Å². The number of hydrogen-bond acceptors (Lipinski definition) is 4. The molecule has 1 heterocycles. The summed E-state index contributed by atoms with van der Waals surface area (Å²) in [4.78, 5) is 14.6. The zero-order chi connectivity index (χ0) is 16.6. The standard InChI is InChI=1S/C17H19FN2O3/c1-11-9-23-15-6-12(7-19)5-14(18)13(15)8-20(11)16(21)17(3-4-17)10-22-2/h5-6,11H,3-4,8-10H2,1-2H3/t11-/m0/s1. The summed E-state index contributed by atoms with van der Waals surface area (Å²) >= 11 is 0. The predicted molar refractivity (Wildman–Crippen MR) is 80.2 cm³/mol. The van der Waals surface area contributed by atoms with E-state index >= 15 is 0 Å². The number of hydrogen-bond donors (Lipinski definition) is 0. The monoisotopic (exact) mass is 318 g/mol. The molecule has 1 aliphatic heterocycles. The molecule has 1 aromatic rings. The highest BCUT2D eigenvalue weighted by molar-refractivity contribution is 5.86. The van der Waals surface area contributed by atoms with Crippen LogP contribution in [0.15, 0.2) is 12.1 Å². The molecule has 122 valence electrons. The fraction of sp³-hybridized carbons (Fsp3) is 0.529. The van der Waals surface area contributed by atoms with E-state index in [1.807, 2.05) is 13.0 Å². The van der Waals surface area contributed by atoms with Gasteiger partial charge < -0.3 is 14.4 Å². The van der Waals surface area contributed by atoms with Crippen molar-refractivity contribution < 1.29 is 18.7 Å². The van der Waals surface area contributed by atoms with Crippen LogP contribution in [0.5, 0.6) is 5.75 Å². The Hall–Kier alpha value is -2.13. The Balaban J connectivity index is 1.92. The maximum atomic E-state index is 14.3. The number of ether oxygens (including phenoxy) is 2. The van der Waals surface area contributed by atoms with E-state index in [4.69, 9.17) is 14.7 Å². The molecule has 0 bridgehead atoms. The van der Waals surface area contributed by atoms with Crippen molar-refractivity contribution in [2.75, 3.05) is 20.3 Å². The zero-order valence-electron chi connectivity index (χ0n) is 13.3. The molecule has 0 aromatic heterocycles. The van der Waals surface area contributed by atoms with Gasteiger partial charge in [-0.05, 0) is 31.9 Å². The molecule has 1 aliphatic carbocycles. The van der Waals surface area contributed by atoms with Crippen molar-refractivity contribution in [1.29, 1.82) is 5.26 Å². The first-order valence-electron chi connectivity index (χ1n) is 7.66.